The van der Waals surface area contributed by atoms with E-state index in [1.165, 1.54) is 139 Å². The molecule has 0 aliphatic rings. The van der Waals surface area contributed by atoms with E-state index in [-0.39, 0.29) is 10.5 Å². The molecule has 13 aromatic carbocycles. The Morgan fingerprint density at radius 3 is 1.00 bits per heavy atom. The van der Waals surface area contributed by atoms with Gasteiger partial charge in [0.2, 0.25) is 0 Å². The first-order chi connectivity index (χ1) is 41.4. The largest absolute Gasteiger partial charge is 0.310 e. The van der Waals surface area contributed by atoms with Crippen molar-refractivity contribution in [3.63, 3.8) is 0 Å². The first kappa shape index (κ1) is 56.1. The van der Waals surface area contributed by atoms with Crippen molar-refractivity contribution in [1.29, 1.82) is 0 Å². The number of thiol groups is 2. The summed E-state index contributed by atoms with van der Waals surface area (Å²) in [6, 6.07) is 83.2. The normalized spacial score (nSPS) is 12.6. The molecule has 2 unspecified atom stereocenters. The summed E-state index contributed by atoms with van der Waals surface area (Å²) < 4.78 is 0. The third-order valence-electron chi connectivity index (χ3n) is 17.1. The molecule has 0 aromatic heterocycles. The number of hydrogen-bond donors (Lipinski definition) is 2. The second-order valence-electron chi connectivity index (χ2n) is 22.6. The summed E-state index contributed by atoms with van der Waals surface area (Å²) >= 11 is 14.0. The van der Waals surface area contributed by atoms with E-state index in [2.05, 4.69) is 256 Å². The Kier molecular flexibility index (Phi) is 16.6. The summed E-state index contributed by atoms with van der Waals surface area (Å²) in [5, 5.41) is 15.7. The molecule has 84 heavy (non-hydrogen) atoms. The van der Waals surface area contributed by atoms with Crippen LogP contribution in [0.5, 0.6) is 0 Å². The summed E-state index contributed by atoms with van der Waals surface area (Å²) in [5.41, 5.74) is 14.3. The van der Waals surface area contributed by atoms with Crippen LogP contribution in [0.2, 0.25) is 0 Å². The number of benzene rings is 11. The number of thioether (sulfide) groups is 2. The zero-order chi connectivity index (χ0) is 57.3. The summed E-state index contributed by atoms with van der Waals surface area (Å²) in [6.07, 6.45) is 9.08. The molecule has 0 spiro atoms. The SMILES string of the molecule is CCCCSc1ccc(N(c2ccc(SCCCC)cc2)c2ccc3c4c(-c5ccccc5)c5c6cccc7c(N(c8ccc(C(S)CCC)cc8)c8ccc(C(S)CCC)cc8)ccc(c5c(-c5ccccc5)c4c4cccc2c43)c76)cc1. The first-order valence-corrected chi connectivity index (χ1v) is 33.5. The van der Waals surface area contributed by atoms with Crippen molar-refractivity contribution in [3.8, 4) is 22.3 Å². The maximum Gasteiger partial charge on any atom is 0.0540 e. The second kappa shape index (κ2) is 24.9. The zero-order valence-corrected chi connectivity index (χ0v) is 52.0. The molecule has 0 fully saturated rings. The van der Waals surface area contributed by atoms with Crippen LogP contribution in [0.25, 0.3) is 86.9 Å². The lowest BCUT2D eigenvalue weighted by Crippen LogP contribution is -2.11. The summed E-state index contributed by atoms with van der Waals surface area (Å²) in [4.78, 5) is 7.59. The van der Waals surface area contributed by atoms with E-state index in [4.69, 9.17) is 25.3 Å². The van der Waals surface area contributed by atoms with Crippen LogP contribution in [0.15, 0.2) is 228 Å². The highest BCUT2D eigenvalue weighted by atomic mass is 32.2. The minimum Gasteiger partial charge on any atom is -0.310 e. The van der Waals surface area contributed by atoms with E-state index in [9.17, 15) is 0 Å². The lowest BCUT2D eigenvalue weighted by atomic mass is 9.87. The highest BCUT2D eigenvalue weighted by molar-refractivity contribution is 7.99. The smallest absolute Gasteiger partial charge is 0.0540 e. The summed E-state index contributed by atoms with van der Waals surface area (Å²) in [6.45, 7) is 9.01. The summed E-state index contributed by atoms with van der Waals surface area (Å²) in [5.74, 6) is 2.26. The maximum absolute atomic E-state index is 5.04. The highest BCUT2D eigenvalue weighted by Crippen LogP contribution is 2.58. The van der Waals surface area contributed by atoms with Crippen molar-refractivity contribution in [1.82, 2.24) is 0 Å². The lowest BCUT2D eigenvalue weighted by Gasteiger charge is -2.28. The molecular formula is C78H72N2S4. The molecule has 0 heterocycles. The minimum atomic E-state index is 0.192. The molecule has 418 valence electrons. The van der Waals surface area contributed by atoms with Gasteiger partial charge in [-0.3, -0.25) is 0 Å². The fourth-order valence-corrected chi connectivity index (χ4v) is 16.0. The van der Waals surface area contributed by atoms with E-state index in [0.29, 0.717) is 0 Å². The van der Waals surface area contributed by atoms with Crippen molar-refractivity contribution < 1.29 is 0 Å². The molecule has 2 nitrogen and oxygen atoms in total. The maximum atomic E-state index is 5.04. The van der Waals surface area contributed by atoms with Crippen LogP contribution in [0.4, 0.5) is 34.1 Å². The third kappa shape index (κ3) is 10.4. The molecule has 0 amide bonds. The van der Waals surface area contributed by atoms with Crippen molar-refractivity contribution in [3.05, 3.63) is 230 Å². The third-order valence-corrected chi connectivity index (χ3v) is 20.4. The van der Waals surface area contributed by atoms with Crippen LogP contribution in [0, 0.1) is 0 Å². The van der Waals surface area contributed by atoms with Gasteiger partial charge in [0, 0.05) is 53.8 Å². The van der Waals surface area contributed by atoms with E-state index in [1.54, 1.807) is 0 Å². The number of anilines is 6. The molecule has 0 bridgehead atoms. The Balaban J connectivity index is 1.08. The molecule has 13 rings (SSSR count). The van der Waals surface area contributed by atoms with E-state index in [0.717, 1.165) is 65.6 Å². The standard InChI is InChI=1S/C78H72N2S4/c1-5-9-49-83-59-41-37-57(38-42-59)80(58-39-43-60(44-40-58)84-50-10-6-2)68-48-46-66-74-62(68)26-18-28-64(74)76-72(54-23-15-12-16-24-54)77-65-45-47-67(61-25-17-27-63(73(61)65)75(77)71(78(66)76)53-21-13-11-14-22-53)79(55-33-29-51(30-34-55)69(81)19-7-3)56-35-31-52(32-36-56)70(82)20-8-4/h11-18,21-48,69-70,81-82H,5-10,19-20,49-50H2,1-4H3. The van der Waals surface area contributed by atoms with Crippen molar-refractivity contribution in [2.24, 2.45) is 0 Å². The number of hydrogen-bond acceptors (Lipinski definition) is 6. The molecule has 0 N–H and O–H groups in total. The molecule has 0 saturated carbocycles. The quantitative estimate of drug-likeness (QED) is 0.0396. The molecule has 6 heteroatoms. The fourth-order valence-electron chi connectivity index (χ4n) is 13.1. The van der Waals surface area contributed by atoms with Gasteiger partial charge in [0.1, 0.15) is 0 Å². The van der Waals surface area contributed by atoms with E-state index in [1.807, 2.05) is 23.5 Å². The summed E-state index contributed by atoms with van der Waals surface area (Å²) in [7, 11) is 0. The van der Waals surface area contributed by atoms with Crippen molar-refractivity contribution in [2.45, 2.75) is 99.4 Å². The molecule has 0 aliphatic heterocycles. The predicted molar refractivity (Wildman–Crippen MR) is 379 cm³/mol. The van der Waals surface area contributed by atoms with Crippen molar-refractivity contribution >= 4 is 148 Å². The van der Waals surface area contributed by atoms with E-state index >= 15 is 0 Å². The Bertz CT molecular complexity index is 4170. The Morgan fingerprint density at radius 1 is 0.321 bits per heavy atom. The average Bonchev–Trinajstić information content (AvgIpc) is 1.87. The van der Waals surface area contributed by atoms with Crippen LogP contribution in [-0.4, -0.2) is 11.5 Å². The van der Waals surface area contributed by atoms with Gasteiger partial charge in [-0.15, -0.1) is 23.5 Å². The van der Waals surface area contributed by atoms with Gasteiger partial charge >= 0.3 is 0 Å². The average molecular weight is 1170 g/mol. The van der Waals surface area contributed by atoms with E-state index < -0.39 is 0 Å². The van der Waals surface area contributed by atoms with Crippen molar-refractivity contribution in [2.75, 3.05) is 21.3 Å². The lowest BCUT2D eigenvalue weighted by molar-refractivity contribution is 0.782. The molecule has 2 atom stereocenters. The van der Waals surface area contributed by atoms with Gasteiger partial charge in [-0.05, 0) is 209 Å². The van der Waals surface area contributed by atoms with Gasteiger partial charge in [-0.25, -0.2) is 0 Å². The van der Waals surface area contributed by atoms with Crippen LogP contribution in [0.3, 0.4) is 0 Å². The van der Waals surface area contributed by atoms with Gasteiger partial charge in [0.25, 0.3) is 0 Å². The topological polar surface area (TPSA) is 6.48 Å². The molecule has 13 aromatic rings. The molecular weight excluding hydrogens is 1090 g/mol. The minimum absolute atomic E-state index is 0.192. The molecule has 0 aliphatic carbocycles. The van der Waals surface area contributed by atoms with Crippen LogP contribution >= 0.6 is 48.8 Å². The van der Waals surface area contributed by atoms with Gasteiger partial charge < -0.3 is 9.80 Å². The highest BCUT2D eigenvalue weighted by Gasteiger charge is 2.30. The fraction of sp³-hybridized carbons (Fsp3) is 0.205. The Labute approximate surface area is 516 Å². The van der Waals surface area contributed by atoms with Crippen LogP contribution in [0.1, 0.15) is 101 Å². The second-order valence-corrected chi connectivity index (χ2v) is 26.1. The van der Waals surface area contributed by atoms with Gasteiger partial charge in [0.15, 0.2) is 0 Å². The number of fused-ring (bicyclic) bond motifs is 6. The van der Waals surface area contributed by atoms with Gasteiger partial charge in [-0.2, -0.15) is 25.3 Å². The zero-order valence-electron chi connectivity index (χ0n) is 48.6. The molecule has 0 saturated heterocycles. The Hall–Kier alpha value is -7.06. The number of unbranched alkanes of at least 4 members (excludes halogenated alkanes) is 2. The van der Waals surface area contributed by atoms with Crippen LogP contribution in [-0.2, 0) is 0 Å². The predicted octanol–water partition coefficient (Wildman–Crippen LogP) is 25.1. The first-order valence-electron chi connectivity index (χ1n) is 30.5. The number of rotatable bonds is 22. The number of nitrogens with zero attached hydrogens (tertiary/aromatic N) is 2. The van der Waals surface area contributed by atoms with Gasteiger partial charge in [0.05, 0.1) is 11.4 Å². The Morgan fingerprint density at radius 2 is 0.655 bits per heavy atom. The monoisotopic (exact) mass is 1160 g/mol. The molecule has 0 radical (unpaired) electrons. The van der Waals surface area contributed by atoms with Gasteiger partial charge in [-0.1, -0.05) is 187 Å². The van der Waals surface area contributed by atoms with Crippen LogP contribution < -0.4 is 9.80 Å².